The van der Waals surface area contributed by atoms with Gasteiger partial charge in [0.05, 0.1) is 7.11 Å². The zero-order valence-corrected chi connectivity index (χ0v) is 12.1. The lowest BCUT2D eigenvalue weighted by molar-refractivity contribution is -0.122. The third-order valence-electron chi connectivity index (χ3n) is 3.71. The zero-order valence-electron chi connectivity index (χ0n) is 12.1. The number of ether oxygens (including phenoxy) is 2. The molecule has 1 N–H and O–H groups in total. The van der Waals surface area contributed by atoms with Crippen LogP contribution in [-0.2, 0) is 16.0 Å². The molecule has 1 fully saturated rings. The first kappa shape index (κ1) is 14.9. The van der Waals surface area contributed by atoms with Gasteiger partial charge in [-0.1, -0.05) is 12.1 Å². The lowest BCUT2D eigenvalue weighted by Gasteiger charge is -2.21. The molecule has 0 unspecified atom stereocenters. The van der Waals surface area contributed by atoms with Crippen LogP contribution in [0.3, 0.4) is 0 Å². The van der Waals surface area contributed by atoms with E-state index < -0.39 is 0 Å². The van der Waals surface area contributed by atoms with Crippen LogP contribution < -0.4 is 10.1 Å². The molecule has 0 spiro atoms. The smallest absolute Gasteiger partial charge is 0.220 e. The molecule has 0 bridgehead atoms. The fraction of sp³-hybridized carbons (Fsp3) is 0.562. The summed E-state index contributed by atoms with van der Waals surface area (Å²) in [6.07, 6.45) is 3.49. The van der Waals surface area contributed by atoms with Gasteiger partial charge >= 0.3 is 0 Å². The van der Waals surface area contributed by atoms with Crippen molar-refractivity contribution in [1.29, 1.82) is 0 Å². The summed E-state index contributed by atoms with van der Waals surface area (Å²) in [4.78, 5) is 11.8. The standard InChI is InChI=1S/C16H23NO3/c1-19-15-4-2-13(3-5-15)6-9-17-16(18)12-14-7-10-20-11-8-14/h2-5,14H,6-12H2,1H3,(H,17,18). The van der Waals surface area contributed by atoms with Gasteiger partial charge in [-0.2, -0.15) is 0 Å². The fourth-order valence-corrected chi connectivity index (χ4v) is 2.42. The predicted octanol–water partition coefficient (Wildman–Crippen LogP) is 2.17. The van der Waals surface area contributed by atoms with Gasteiger partial charge < -0.3 is 14.8 Å². The highest BCUT2D eigenvalue weighted by Gasteiger charge is 2.16. The van der Waals surface area contributed by atoms with E-state index in [0.29, 0.717) is 18.9 Å². The summed E-state index contributed by atoms with van der Waals surface area (Å²) in [5.41, 5.74) is 1.21. The third-order valence-corrected chi connectivity index (χ3v) is 3.71. The zero-order chi connectivity index (χ0) is 14.2. The van der Waals surface area contributed by atoms with E-state index in [-0.39, 0.29) is 5.91 Å². The van der Waals surface area contributed by atoms with E-state index in [1.54, 1.807) is 7.11 Å². The maximum absolute atomic E-state index is 11.8. The van der Waals surface area contributed by atoms with Gasteiger partial charge in [0.25, 0.3) is 0 Å². The van der Waals surface area contributed by atoms with Crippen molar-refractivity contribution in [2.75, 3.05) is 26.9 Å². The Morgan fingerprint density at radius 2 is 2.00 bits per heavy atom. The van der Waals surface area contributed by atoms with Crippen LogP contribution in [0.2, 0.25) is 0 Å². The summed E-state index contributed by atoms with van der Waals surface area (Å²) < 4.78 is 10.4. The van der Waals surface area contributed by atoms with Crippen molar-refractivity contribution >= 4 is 5.91 Å². The highest BCUT2D eigenvalue weighted by atomic mass is 16.5. The second kappa shape index (κ2) is 7.90. The number of carbonyl (C=O) groups excluding carboxylic acids is 1. The number of hydrogen-bond donors (Lipinski definition) is 1. The third kappa shape index (κ3) is 4.85. The van der Waals surface area contributed by atoms with Crippen LogP contribution in [0.15, 0.2) is 24.3 Å². The SMILES string of the molecule is COc1ccc(CCNC(=O)CC2CCOCC2)cc1. The molecule has 1 aliphatic rings. The van der Waals surface area contributed by atoms with Gasteiger partial charge in [-0.3, -0.25) is 4.79 Å². The van der Waals surface area contributed by atoms with Crippen LogP contribution in [-0.4, -0.2) is 32.8 Å². The van der Waals surface area contributed by atoms with Crippen LogP contribution in [0.25, 0.3) is 0 Å². The minimum absolute atomic E-state index is 0.158. The fourth-order valence-electron chi connectivity index (χ4n) is 2.42. The molecule has 2 rings (SSSR count). The average Bonchev–Trinajstić information content (AvgIpc) is 2.49. The maximum Gasteiger partial charge on any atom is 0.220 e. The summed E-state index contributed by atoms with van der Waals surface area (Å²) in [5.74, 6) is 1.51. The molecule has 1 aromatic rings. The van der Waals surface area contributed by atoms with Gasteiger partial charge in [-0.15, -0.1) is 0 Å². The minimum atomic E-state index is 0.158. The van der Waals surface area contributed by atoms with Crippen molar-refractivity contribution in [3.05, 3.63) is 29.8 Å². The Labute approximate surface area is 120 Å². The molecule has 0 radical (unpaired) electrons. The van der Waals surface area contributed by atoms with E-state index in [2.05, 4.69) is 5.32 Å². The van der Waals surface area contributed by atoms with Crippen molar-refractivity contribution < 1.29 is 14.3 Å². The molecule has 1 saturated heterocycles. The van der Waals surface area contributed by atoms with Gasteiger partial charge in [-0.05, 0) is 42.9 Å². The van der Waals surface area contributed by atoms with Gasteiger partial charge in [0.2, 0.25) is 5.91 Å². The molecule has 0 aromatic heterocycles. The first-order valence-electron chi connectivity index (χ1n) is 7.25. The first-order valence-corrected chi connectivity index (χ1v) is 7.25. The van der Waals surface area contributed by atoms with E-state index in [1.807, 2.05) is 24.3 Å². The van der Waals surface area contributed by atoms with Crippen LogP contribution in [0.5, 0.6) is 5.75 Å². The van der Waals surface area contributed by atoms with E-state index >= 15 is 0 Å². The molecule has 20 heavy (non-hydrogen) atoms. The number of rotatable bonds is 6. The number of amides is 1. The van der Waals surface area contributed by atoms with Crippen molar-refractivity contribution in [3.8, 4) is 5.75 Å². The summed E-state index contributed by atoms with van der Waals surface area (Å²) in [6.45, 7) is 2.28. The lowest BCUT2D eigenvalue weighted by Crippen LogP contribution is -2.29. The molecule has 4 heteroatoms. The van der Waals surface area contributed by atoms with E-state index in [0.717, 1.165) is 38.2 Å². The van der Waals surface area contributed by atoms with Crippen LogP contribution >= 0.6 is 0 Å². The maximum atomic E-state index is 11.8. The molecule has 1 heterocycles. The predicted molar refractivity (Wildman–Crippen MR) is 77.9 cm³/mol. The summed E-state index contributed by atoms with van der Waals surface area (Å²) in [6, 6.07) is 7.95. The minimum Gasteiger partial charge on any atom is -0.497 e. The van der Waals surface area contributed by atoms with Gasteiger partial charge in [0.1, 0.15) is 5.75 Å². The second-order valence-corrected chi connectivity index (χ2v) is 5.21. The second-order valence-electron chi connectivity index (χ2n) is 5.21. The first-order chi connectivity index (χ1) is 9.78. The normalized spacial score (nSPS) is 15.8. The van der Waals surface area contributed by atoms with Crippen molar-refractivity contribution in [2.45, 2.75) is 25.7 Å². The molecule has 110 valence electrons. The molecule has 0 saturated carbocycles. The summed E-state index contributed by atoms with van der Waals surface area (Å²) >= 11 is 0. The quantitative estimate of drug-likeness (QED) is 0.867. The highest BCUT2D eigenvalue weighted by Crippen LogP contribution is 2.18. The average molecular weight is 277 g/mol. The molecule has 0 atom stereocenters. The van der Waals surface area contributed by atoms with Gasteiger partial charge in [-0.25, -0.2) is 0 Å². The summed E-state index contributed by atoms with van der Waals surface area (Å²) in [7, 11) is 1.66. The van der Waals surface area contributed by atoms with Crippen molar-refractivity contribution in [2.24, 2.45) is 5.92 Å². The van der Waals surface area contributed by atoms with Crippen molar-refractivity contribution in [1.82, 2.24) is 5.32 Å². The highest BCUT2D eigenvalue weighted by molar-refractivity contribution is 5.76. The number of nitrogens with one attached hydrogen (secondary N) is 1. The summed E-state index contributed by atoms with van der Waals surface area (Å²) in [5, 5.41) is 3.00. The topological polar surface area (TPSA) is 47.6 Å². The molecule has 4 nitrogen and oxygen atoms in total. The van der Waals surface area contributed by atoms with Crippen LogP contribution in [0, 0.1) is 5.92 Å². The number of carbonyl (C=O) groups is 1. The number of methoxy groups -OCH3 is 1. The Bertz CT molecular complexity index is 410. The number of hydrogen-bond acceptors (Lipinski definition) is 3. The Kier molecular flexibility index (Phi) is 5.87. The molecule has 1 aromatic carbocycles. The Morgan fingerprint density at radius 3 is 2.65 bits per heavy atom. The van der Waals surface area contributed by atoms with Gasteiger partial charge in [0, 0.05) is 26.2 Å². The van der Waals surface area contributed by atoms with Crippen LogP contribution in [0.1, 0.15) is 24.8 Å². The van der Waals surface area contributed by atoms with Crippen molar-refractivity contribution in [3.63, 3.8) is 0 Å². The largest absolute Gasteiger partial charge is 0.497 e. The van der Waals surface area contributed by atoms with E-state index in [9.17, 15) is 4.79 Å². The Morgan fingerprint density at radius 1 is 1.30 bits per heavy atom. The molecule has 1 aliphatic heterocycles. The van der Waals surface area contributed by atoms with Crippen LogP contribution in [0.4, 0.5) is 0 Å². The Hall–Kier alpha value is -1.55. The monoisotopic (exact) mass is 277 g/mol. The molecule has 1 amide bonds. The van der Waals surface area contributed by atoms with E-state index in [4.69, 9.17) is 9.47 Å². The molecular formula is C16H23NO3. The number of benzene rings is 1. The van der Waals surface area contributed by atoms with E-state index in [1.165, 1.54) is 5.56 Å². The Balaban J connectivity index is 1.65. The molecular weight excluding hydrogens is 254 g/mol. The van der Waals surface area contributed by atoms with Gasteiger partial charge in [0.15, 0.2) is 0 Å². The molecule has 0 aliphatic carbocycles. The lowest BCUT2D eigenvalue weighted by atomic mass is 9.96.